The van der Waals surface area contributed by atoms with Crippen molar-refractivity contribution in [3.63, 3.8) is 0 Å². The molecule has 1 aliphatic carbocycles. The molecule has 0 radical (unpaired) electrons. The van der Waals surface area contributed by atoms with Gasteiger partial charge < -0.3 is 14.6 Å². The van der Waals surface area contributed by atoms with Crippen molar-refractivity contribution >= 4 is 21.8 Å². The zero-order valence-corrected chi connectivity index (χ0v) is 13.5. The number of hydrogen-bond acceptors (Lipinski definition) is 2. The van der Waals surface area contributed by atoms with Gasteiger partial charge in [-0.2, -0.15) is 0 Å². The van der Waals surface area contributed by atoms with Gasteiger partial charge in [-0.15, -0.1) is 0 Å². The summed E-state index contributed by atoms with van der Waals surface area (Å²) in [5.41, 5.74) is 0.737. The molecule has 5 heteroatoms. The summed E-state index contributed by atoms with van der Waals surface area (Å²) in [7, 11) is 0. The van der Waals surface area contributed by atoms with Gasteiger partial charge in [0.15, 0.2) is 0 Å². The number of rotatable bonds is 2. The van der Waals surface area contributed by atoms with Gasteiger partial charge in [0.05, 0.1) is 6.10 Å². The molecule has 1 N–H and O–H groups in total. The average molecular weight is 341 g/mol. The highest BCUT2D eigenvalue weighted by Crippen LogP contribution is 2.38. The van der Waals surface area contributed by atoms with Crippen LogP contribution < -0.4 is 0 Å². The van der Waals surface area contributed by atoms with Crippen LogP contribution in [0.4, 0.5) is 0 Å². The number of nitrogens with zero attached hydrogens (tertiary/aromatic N) is 2. The van der Waals surface area contributed by atoms with E-state index in [1.165, 1.54) is 0 Å². The Morgan fingerprint density at radius 3 is 2.80 bits per heavy atom. The monoisotopic (exact) mass is 340 g/mol. The topological polar surface area (TPSA) is 45.5 Å². The minimum Gasteiger partial charge on any atom is -0.393 e. The molecule has 1 saturated heterocycles. The molecule has 3 atom stereocenters. The van der Waals surface area contributed by atoms with Gasteiger partial charge >= 0.3 is 0 Å². The second-order valence-corrected chi connectivity index (χ2v) is 7.24. The van der Waals surface area contributed by atoms with E-state index in [0.29, 0.717) is 12.5 Å². The molecule has 1 aliphatic heterocycles. The molecule has 0 bridgehead atoms. The Morgan fingerprint density at radius 1 is 1.40 bits per heavy atom. The summed E-state index contributed by atoms with van der Waals surface area (Å²) in [6.07, 6.45) is 3.68. The van der Waals surface area contributed by atoms with E-state index in [4.69, 9.17) is 0 Å². The lowest BCUT2D eigenvalue weighted by molar-refractivity contribution is 0.0740. The molecule has 0 aromatic carbocycles. The summed E-state index contributed by atoms with van der Waals surface area (Å²) in [6.45, 7) is 5.64. The first-order valence-corrected chi connectivity index (χ1v) is 8.11. The maximum absolute atomic E-state index is 12.7. The molecule has 20 heavy (non-hydrogen) atoms. The highest BCUT2D eigenvalue weighted by atomic mass is 79.9. The van der Waals surface area contributed by atoms with Crippen LogP contribution in [0.5, 0.6) is 0 Å². The van der Waals surface area contributed by atoms with Gasteiger partial charge in [-0.1, -0.05) is 0 Å². The van der Waals surface area contributed by atoms with Gasteiger partial charge in [0.25, 0.3) is 5.91 Å². The Hall–Kier alpha value is -0.810. The Balaban J connectivity index is 1.80. The molecule has 2 fully saturated rings. The number of aliphatic hydroxyl groups is 1. The fraction of sp³-hybridized carbons (Fsp3) is 0.667. The van der Waals surface area contributed by atoms with Crippen molar-refractivity contribution in [1.29, 1.82) is 0 Å². The second-order valence-electron chi connectivity index (χ2n) is 6.32. The molecule has 4 nitrogen and oxygen atoms in total. The summed E-state index contributed by atoms with van der Waals surface area (Å²) < 4.78 is 2.95. The fourth-order valence-corrected chi connectivity index (χ4v) is 4.05. The molecule has 1 aromatic heterocycles. The van der Waals surface area contributed by atoms with Crippen LogP contribution in [-0.2, 0) is 0 Å². The number of likely N-dealkylation sites (tertiary alicyclic amines) is 1. The minimum absolute atomic E-state index is 0.0889. The molecule has 2 heterocycles. The lowest BCUT2D eigenvalue weighted by atomic mass is 10.00. The SMILES string of the molecule is CC(C)n1cc(Br)cc1C(=O)N1CC2CCC(O)C2C1. The van der Waals surface area contributed by atoms with Gasteiger partial charge in [0.1, 0.15) is 5.69 Å². The molecular weight excluding hydrogens is 320 g/mol. The number of fused-ring (bicyclic) bond motifs is 1. The standard InChI is InChI=1S/C15H21BrN2O2/c1-9(2)18-7-11(16)5-13(18)15(20)17-6-10-3-4-14(19)12(10)8-17/h5,7,9-10,12,14,19H,3-4,6,8H2,1-2H3. The van der Waals surface area contributed by atoms with E-state index >= 15 is 0 Å². The van der Waals surface area contributed by atoms with E-state index in [9.17, 15) is 9.90 Å². The largest absolute Gasteiger partial charge is 0.393 e. The van der Waals surface area contributed by atoms with Crippen LogP contribution in [0, 0.1) is 11.8 Å². The normalized spacial score (nSPS) is 29.2. The average Bonchev–Trinajstić information content (AvgIpc) is 3.05. The molecule has 3 rings (SSSR count). The predicted octanol–water partition coefficient (Wildman–Crippen LogP) is 2.67. The van der Waals surface area contributed by atoms with E-state index < -0.39 is 0 Å². The highest BCUT2D eigenvalue weighted by Gasteiger charge is 2.43. The third-order valence-electron chi connectivity index (χ3n) is 4.70. The maximum Gasteiger partial charge on any atom is 0.270 e. The Labute approximate surface area is 127 Å². The smallest absolute Gasteiger partial charge is 0.270 e. The van der Waals surface area contributed by atoms with Crippen molar-refractivity contribution in [1.82, 2.24) is 9.47 Å². The van der Waals surface area contributed by atoms with Gasteiger partial charge in [-0.3, -0.25) is 4.79 Å². The molecule has 110 valence electrons. The Kier molecular flexibility index (Phi) is 3.67. The number of carbonyl (C=O) groups excluding carboxylic acids is 1. The van der Waals surface area contributed by atoms with E-state index in [1.807, 2.05) is 21.7 Å². The van der Waals surface area contributed by atoms with Crippen LogP contribution in [0.25, 0.3) is 0 Å². The van der Waals surface area contributed by atoms with Crippen molar-refractivity contribution in [2.24, 2.45) is 11.8 Å². The number of carbonyl (C=O) groups is 1. The molecular formula is C15H21BrN2O2. The zero-order valence-electron chi connectivity index (χ0n) is 11.9. The highest BCUT2D eigenvalue weighted by molar-refractivity contribution is 9.10. The third-order valence-corrected chi connectivity index (χ3v) is 5.13. The minimum atomic E-state index is -0.221. The summed E-state index contributed by atoms with van der Waals surface area (Å²) >= 11 is 3.45. The Bertz CT molecular complexity index is 526. The van der Waals surface area contributed by atoms with Crippen LogP contribution in [-0.4, -0.2) is 39.7 Å². The van der Waals surface area contributed by atoms with Crippen LogP contribution in [0.2, 0.25) is 0 Å². The van der Waals surface area contributed by atoms with Crippen LogP contribution >= 0.6 is 15.9 Å². The van der Waals surface area contributed by atoms with Gasteiger partial charge in [0, 0.05) is 35.7 Å². The first-order valence-electron chi connectivity index (χ1n) is 7.32. The number of aliphatic hydroxyl groups excluding tert-OH is 1. The zero-order chi connectivity index (χ0) is 14.4. The summed E-state index contributed by atoms with van der Waals surface area (Å²) in [5, 5.41) is 9.97. The van der Waals surface area contributed by atoms with E-state index in [1.54, 1.807) is 0 Å². The third kappa shape index (κ3) is 2.31. The van der Waals surface area contributed by atoms with Crippen molar-refractivity contribution in [3.05, 3.63) is 22.4 Å². The molecule has 1 aromatic rings. The molecule has 0 spiro atoms. The summed E-state index contributed by atoms with van der Waals surface area (Å²) in [6, 6.07) is 2.15. The molecule has 1 amide bonds. The van der Waals surface area contributed by atoms with Gasteiger partial charge in [-0.05, 0) is 54.6 Å². The van der Waals surface area contributed by atoms with Crippen molar-refractivity contribution < 1.29 is 9.90 Å². The first-order chi connectivity index (χ1) is 9.47. The lowest BCUT2D eigenvalue weighted by Gasteiger charge is -2.20. The van der Waals surface area contributed by atoms with Gasteiger partial charge in [-0.25, -0.2) is 0 Å². The second kappa shape index (κ2) is 5.19. The summed E-state index contributed by atoms with van der Waals surface area (Å²) in [5.74, 6) is 0.857. The lowest BCUT2D eigenvalue weighted by Crippen LogP contribution is -2.32. The Morgan fingerprint density at radius 2 is 2.15 bits per heavy atom. The van der Waals surface area contributed by atoms with Gasteiger partial charge in [0.2, 0.25) is 0 Å². The maximum atomic E-state index is 12.7. The van der Waals surface area contributed by atoms with E-state index in [0.717, 1.165) is 29.6 Å². The van der Waals surface area contributed by atoms with Crippen molar-refractivity contribution in [2.75, 3.05) is 13.1 Å². The fourth-order valence-electron chi connectivity index (χ4n) is 3.61. The summed E-state index contributed by atoms with van der Waals surface area (Å²) in [4.78, 5) is 14.6. The van der Waals surface area contributed by atoms with Crippen molar-refractivity contribution in [3.8, 4) is 0 Å². The first kappa shape index (κ1) is 14.1. The van der Waals surface area contributed by atoms with Crippen LogP contribution in [0.3, 0.4) is 0 Å². The number of hydrogen-bond donors (Lipinski definition) is 1. The quantitative estimate of drug-likeness (QED) is 0.899. The van der Waals surface area contributed by atoms with E-state index in [2.05, 4.69) is 29.8 Å². The predicted molar refractivity (Wildman–Crippen MR) is 80.6 cm³/mol. The number of amides is 1. The van der Waals surface area contributed by atoms with Crippen LogP contribution in [0.1, 0.15) is 43.2 Å². The molecule has 2 aliphatic rings. The molecule has 3 unspecified atom stereocenters. The van der Waals surface area contributed by atoms with E-state index in [-0.39, 0.29) is 24.0 Å². The molecule has 1 saturated carbocycles. The van der Waals surface area contributed by atoms with Crippen LogP contribution in [0.15, 0.2) is 16.7 Å². The van der Waals surface area contributed by atoms with Crippen molar-refractivity contribution in [2.45, 2.75) is 38.8 Å². The number of halogens is 1. The number of aromatic nitrogens is 1.